The van der Waals surface area contributed by atoms with Crippen LogP contribution in [0, 0.1) is 6.92 Å². The minimum absolute atomic E-state index is 0.0369. The van der Waals surface area contributed by atoms with Gasteiger partial charge in [0.15, 0.2) is 0 Å². The van der Waals surface area contributed by atoms with Gasteiger partial charge >= 0.3 is 0 Å². The quantitative estimate of drug-likeness (QED) is 0.918. The lowest BCUT2D eigenvalue weighted by Crippen LogP contribution is -2.49. The lowest BCUT2D eigenvalue weighted by molar-refractivity contribution is -0.143. The number of hydrogen-bond donors (Lipinski definition) is 1. The van der Waals surface area contributed by atoms with Crippen molar-refractivity contribution in [3.05, 3.63) is 35.4 Å². The second kappa shape index (κ2) is 6.71. The molecule has 0 radical (unpaired) electrons. The van der Waals surface area contributed by atoms with Crippen molar-refractivity contribution in [1.29, 1.82) is 0 Å². The Labute approximate surface area is 136 Å². The Morgan fingerprint density at radius 2 is 1.83 bits per heavy atom. The number of benzene rings is 1. The zero-order valence-electron chi connectivity index (χ0n) is 13.6. The molecule has 1 atom stereocenters. The highest BCUT2D eigenvalue weighted by molar-refractivity contribution is 5.91. The van der Waals surface area contributed by atoms with Crippen molar-refractivity contribution in [3.8, 4) is 0 Å². The number of carbonyl (C=O) groups is 2. The number of nitrogens with zero attached hydrogens (tertiary/aromatic N) is 2. The molecule has 2 amide bonds. The van der Waals surface area contributed by atoms with E-state index in [1.807, 2.05) is 31.2 Å². The average molecular weight is 316 g/mol. The van der Waals surface area contributed by atoms with E-state index in [4.69, 9.17) is 0 Å². The van der Waals surface area contributed by atoms with Crippen molar-refractivity contribution >= 4 is 11.8 Å². The van der Waals surface area contributed by atoms with Crippen LogP contribution in [0.15, 0.2) is 24.3 Å². The summed E-state index contributed by atoms with van der Waals surface area (Å²) in [5, 5.41) is 9.58. The first-order valence-electron chi connectivity index (χ1n) is 8.36. The van der Waals surface area contributed by atoms with Crippen LogP contribution in [0.2, 0.25) is 0 Å². The average Bonchev–Trinajstić information content (AvgIpc) is 2.91. The van der Waals surface area contributed by atoms with Crippen LogP contribution >= 0.6 is 0 Å². The molecule has 0 spiro atoms. The minimum atomic E-state index is -0.348. The Morgan fingerprint density at radius 1 is 1.17 bits per heavy atom. The monoisotopic (exact) mass is 316 g/mol. The SMILES string of the molecule is Cc1ccc(CN2C(=O)CCC2C(=O)N2CCC(O)CC2)cc1. The summed E-state index contributed by atoms with van der Waals surface area (Å²) >= 11 is 0. The molecular formula is C18H24N2O3. The van der Waals surface area contributed by atoms with E-state index < -0.39 is 0 Å². The number of aryl methyl sites for hydroxylation is 1. The van der Waals surface area contributed by atoms with Gasteiger partial charge < -0.3 is 14.9 Å². The molecule has 1 unspecified atom stereocenters. The van der Waals surface area contributed by atoms with Crippen LogP contribution in [-0.2, 0) is 16.1 Å². The summed E-state index contributed by atoms with van der Waals surface area (Å²) in [7, 11) is 0. The van der Waals surface area contributed by atoms with Gasteiger partial charge in [0.2, 0.25) is 11.8 Å². The molecule has 2 fully saturated rings. The van der Waals surface area contributed by atoms with E-state index >= 15 is 0 Å². The van der Waals surface area contributed by atoms with Gasteiger partial charge in [0.05, 0.1) is 6.10 Å². The predicted molar refractivity (Wildman–Crippen MR) is 86.6 cm³/mol. The molecule has 124 valence electrons. The van der Waals surface area contributed by atoms with E-state index in [1.54, 1.807) is 9.80 Å². The third kappa shape index (κ3) is 3.55. The van der Waals surface area contributed by atoms with Gasteiger partial charge in [-0.1, -0.05) is 29.8 Å². The van der Waals surface area contributed by atoms with Crippen molar-refractivity contribution in [2.75, 3.05) is 13.1 Å². The van der Waals surface area contributed by atoms with Crippen molar-refractivity contribution < 1.29 is 14.7 Å². The Balaban J connectivity index is 1.69. The maximum Gasteiger partial charge on any atom is 0.245 e. The van der Waals surface area contributed by atoms with Crippen molar-refractivity contribution in [1.82, 2.24) is 9.80 Å². The topological polar surface area (TPSA) is 60.9 Å². The summed E-state index contributed by atoms with van der Waals surface area (Å²) in [5.74, 6) is 0.0934. The molecular weight excluding hydrogens is 292 g/mol. The van der Waals surface area contributed by atoms with E-state index in [0.717, 1.165) is 5.56 Å². The molecule has 1 N–H and O–H groups in total. The van der Waals surface area contributed by atoms with E-state index in [-0.39, 0.29) is 24.0 Å². The number of carbonyl (C=O) groups excluding carboxylic acids is 2. The first-order chi connectivity index (χ1) is 11.0. The maximum atomic E-state index is 12.8. The maximum absolute atomic E-state index is 12.8. The molecule has 0 saturated carbocycles. The fraction of sp³-hybridized carbons (Fsp3) is 0.556. The molecule has 0 bridgehead atoms. The highest BCUT2D eigenvalue weighted by atomic mass is 16.3. The zero-order chi connectivity index (χ0) is 16.4. The Hall–Kier alpha value is -1.88. The van der Waals surface area contributed by atoms with Gasteiger partial charge in [0.25, 0.3) is 0 Å². The molecule has 2 aliphatic rings. The van der Waals surface area contributed by atoms with E-state index in [2.05, 4.69) is 0 Å². The van der Waals surface area contributed by atoms with E-state index in [9.17, 15) is 14.7 Å². The van der Waals surface area contributed by atoms with Crippen molar-refractivity contribution in [2.24, 2.45) is 0 Å². The Kier molecular flexibility index (Phi) is 4.66. The smallest absolute Gasteiger partial charge is 0.245 e. The first kappa shape index (κ1) is 16.0. The summed E-state index contributed by atoms with van der Waals surface area (Å²) in [6.45, 7) is 3.69. The molecule has 5 heteroatoms. The molecule has 2 heterocycles. The highest BCUT2D eigenvalue weighted by Gasteiger charge is 2.38. The summed E-state index contributed by atoms with van der Waals surface area (Å²) in [6, 6.07) is 7.73. The first-order valence-corrected chi connectivity index (χ1v) is 8.36. The Morgan fingerprint density at radius 3 is 2.48 bits per heavy atom. The summed E-state index contributed by atoms with van der Waals surface area (Å²) < 4.78 is 0. The number of rotatable bonds is 3. The number of hydrogen-bond acceptors (Lipinski definition) is 3. The van der Waals surface area contributed by atoms with Gasteiger partial charge in [-0.25, -0.2) is 0 Å². The zero-order valence-corrected chi connectivity index (χ0v) is 13.6. The fourth-order valence-electron chi connectivity index (χ4n) is 3.38. The van der Waals surface area contributed by atoms with Gasteiger partial charge in [-0.15, -0.1) is 0 Å². The normalized spacial score (nSPS) is 22.7. The van der Waals surface area contributed by atoms with Gasteiger partial charge in [0.1, 0.15) is 6.04 Å². The van der Waals surface area contributed by atoms with Crippen LogP contribution in [0.25, 0.3) is 0 Å². The van der Waals surface area contributed by atoms with Gasteiger partial charge in [-0.2, -0.15) is 0 Å². The molecule has 23 heavy (non-hydrogen) atoms. The summed E-state index contributed by atoms with van der Waals surface area (Å²) in [6.07, 6.45) is 2.00. The fourth-order valence-corrected chi connectivity index (χ4v) is 3.38. The predicted octanol–water partition coefficient (Wildman–Crippen LogP) is 1.47. The van der Waals surface area contributed by atoms with Crippen LogP contribution in [0.4, 0.5) is 0 Å². The molecule has 2 saturated heterocycles. The second-order valence-electron chi connectivity index (χ2n) is 6.62. The summed E-state index contributed by atoms with van der Waals surface area (Å²) in [4.78, 5) is 28.5. The number of piperidine rings is 1. The number of aliphatic hydroxyl groups is 1. The number of likely N-dealkylation sites (tertiary alicyclic amines) is 2. The molecule has 1 aromatic carbocycles. The van der Waals surface area contributed by atoms with Crippen LogP contribution in [-0.4, -0.2) is 52.0 Å². The lowest BCUT2D eigenvalue weighted by Gasteiger charge is -2.34. The standard InChI is InChI=1S/C18H24N2O3/c1-13-2-4-14(5-3-13)12-20-16(6-7-17(20)22)18(23)19-10-8-15(21)9-11-19/h2-5,15-16,21H,6-12H2,1H3. The van der Waals surface area contributed by atoms with Crippen LogP contribution in [0.1, 0.15) is 36.8 Å². The van der Waals surface area contributed by atoms with Crippen LogP contribution in [0.5, 0.6) is 0 Å². The Bertz CT molecular complexity index is 576. The van der Waals surface area contributed by atoms with Crippen LogP contribution < -0.4 is 0 Å². The molecule has 2 aliphatic heterocycles. The van der Waals surface area contributed by atoms with Gasteiger partial charge in [0, 0.05) is 26.1 Å². The molecule has 1 aromatic rings. The molecule has 0 aliphatic carbocycles. The minimum Gasteiger partial charge on any atom is -0.393 e. The van der Waals surface area contributed by atoms with Crippen LogP contribution in [0.3, 0.4) is 0 Å². The second-order valence-corrected chi connectivity index (χ2v) is 6.62. The van der Waals surface area contributed by atoms with Crippen molar-refractivity contribution in [3.63, 3.8) is 0 Å². The largest absolute Gasteiger partial charge is 0.393 e. The molecule has 0 aromatic heterocycles. The van der Waals surface area contributed by atoms with E-state index in [1.165, 1.54) is 5.56 Å². The number of aliphatic hydroxyl groups excluding tert-OH is 1. The summed E-state index contributed by atoms with van der Waals surface area (Å²) in [5.41, 5.74) is 2.23. The molecule has 5 nitrogen and oxygen atoms in total. The molecule has 3 rings (SSSR count). The lowest BCUT2D eigenvalue weighted by atomic mass is 10.1. The van der Waals surface area contributed by atoms with Gasteiger partial charge in [-0.3, -0.25) is 9.59 Å². The third-order valence-electron chi connectivity index (χ3n) is 4.86. The highest BCUT2D eigenvalue weighted by Crippen LogP contribution is 2.24. The van der Waals surface area contributed by atoms with Gasteiger partial charge in [-0.05, 0) is 31.7 Å². The van der Waals surface area contributed by atoms with Crippen molar-refractivity contribution in [2.45, 2.75) is 51.3 Å². The van der Waals surface area contributed by atoms with E-state index in [0.29, 0.717) is 45.3 Å². The number of amides is 2. The third-order valence-corrected chi connectivity index (χ3v) is 4.86.